The number of esters is 3. The molecule has 0 bridgehead atoms. The number of Topliss-reactive ketones (excluding diaryl/α,β-unsaturated/α-hetero) is 1. The number of benzene rings is 8. The van der Waals surface area contributed by atoms with Crippen LogP contribution in [-0.2, 0) is 10.8 Å². The predicted molar refractivity (Wildman–Crippen MR) is 327 cm³/mol. The summed E-state index contributed by atoms with van der Waals surface area (Å²) in [5.74, 6) is 2.99. The average Bonchev–Trinajstić information content (AvgIpc) is 3.66. The molecule has 9 heteroatoms. The summed E-state index contributed by atoms with van der Waals surface area (Å²) >= 11 is 0. The smallest absolute Gasteiger partial charge is 0.343 e. The number of rotatable bonds is 15. The summed E-state index contributed by atoms with van der Waals surface area (Å²) in [7, 11) is 1.69. The van der Waals surface area contributed by atoms with Crippen molar-refractivity contribution in [1.29, 1.82) is 0 Å². The molecule has 2 aliphatic carbocycles. The minimum atomic E-state index is -0.477. The van der Waals surface area contributed by atoms with Crippen molar-refractivity contribution < 1.29 is 42.9 Å². The Bertz CT molecular complexity index is 3670. The Morgan fingerprint density at radius 2 is 0.735 bits per heavy atom. The van der Waals surface area contributed by atoms with Gasteiger partial charge >= 0.3 is 17.9 Å². The zero-order valence-corrected chi connectivity index (χ0v) is 49.4. The van der Waals surface area contributed by atoms with E-state index in [9.17, 15) is 19.2 Å². The van der Waals surface area contributed by atoms with Crippen molar-refractivity contribution in [2.45, 2.75) is 112 Å². The Morgan fingerprint density at radius 3 is 1.11 bits per heavy atom. The number of aryl methyl sites for hydroxylation is 2. The number of methoxy groups -OCH3 is 1. The van der Waals surface area contributed by atoms with Crippen LogP contribution in [0.3, 0.4) is 0 Å². The highest BCUT2D eigenvalue weighted by Crippen LogP contribution is 2.56. The van der Waals surface area contributed by atoms with E-state index in [0.717, 1.165) is 71.2 Å². The molecule has 2 saturated carbocycles. The van der Waals surface area contributed by atoms with E-state index < -0.39 is 17.9 Å². The molecule has 0 aliphatic heterocycles. The van der Waals surface area contributed by atoms with Crippen molar-refractivity contribution in [3.63, 3.8) is 0 Å². The molecule has 0 radical (unpaired) electrons. The second kappa shape index (κ2) is 23.4. The summed E-state index contributed by atoms with van der Waals surface area (Å²) in [6.07, 6.45) is 6.11. The molecular formula is C74H74O9. The van der Waals surface area contributed by atoms with Crippen LogP contribution < -0.4 is 23.7 Å². The van der Waals surface area contributed by atoms with Gasteiger partial charge in [-0.1, -0.05) is 114 Å². The predicted octanol–water partition coefficient (Wildman–Crippen LogP) is 17.9. The van der Waals surface area contributed by atoms with Crippen LogP contribution in [0, 0.1) is 36.5 Å². The molecule has 8 aromatic carbocycles. The Kier molecular flexibility index (Phi) is 16.2. The van der Waals surface area contributed by atoms with Crippen LogP contribution in [-0.4, -0.2) is 30.8 Å². The monoisotopic (exact) mass is 1110 g/mol. The largest absolute Gasteiger partial charge is 0.497 e. The van der Waals surface area contributed by atoms with Gasteiger partial charge in [-0.2, -0.15) is 0 Å². The van der Waals surface area contributed by atoms with Crippen molar-refractivity contribution >= 4 is 23.7 Å². The van der Waals surface area contributed by atoms with Gasteiger partial charge in [0.25, 0.3) is 0 Å². The fourth-order valence-electron chi connectivity index (χ4n) is 13.9. The van der Waals surface area contributed by atoms with Gasteiger partial charge in [-0.05, 0) is 236 Å². The summed E-state index contributed by atoms with van der Waals surface area (Å²) in [4.78, 5) is 52.3. The third-order valence-corrected chi connectivity index (χ3v) is 17.0. The van der Waals surface area contributed by atoms with Gasteiger partial charge in [0.2, 0.25) is 0 Å². The van der Waals surface area contributed by atoms with Crippen molar-refractivity contribution in [2.75, 3.05) is 7.11 Å². The third kappa shape index (κ3) is 12.8. The van der Waals surface area contributed by atoms with E-state index in [1.165, 1.54) is 24.5 Å². The molecule has 0 heterocycles. The summed E-state index contributed by atoms with van der Waals surface area (Å²) in [6.45, 7) is 19.5. The standard InChI is InChI=1S/C74H74O9/c1-47-41-71(6,7)45-73(43-47,58-23-33-62(79-10)34-24-58)59-25-35-65(36-26-59)81-68(76)55-15-11-53(12-16-55)54-13-17-56(18-14-54)69(77)82-66-37-27-60(39-49(66)3)74(44-48(2)42-72(8,9)46-74)61-28-38-67(50(4)40-61)83-70(78)57-21-31-64(32-22-57)80-63-29-19-52(20-30-63)51(5)75/h11-40,47-48H,41-46H2,1-10H3. The van der Waals surface area contributed by atoms with Gasteiger partial charge in [0.1, 0.15) is 34.5 Å². The van der Waals surface area contributed by atoms with Gasteiger partial charge < -0.3 is 23.7 Å². The first-order valence-corrected chi connectivity index (χ1v) is 28.8. The van der Waals surface area contributed by atoms with Crippen molar-refractivity contribution in [3.05, 3.63) is 238 Å². The number of ether oxygens (including phenoxy) is 5. The minimum absolute atomic E-state index is 0.0180. The number of hydrogen-bond acceptors (Lipinski definition) is 9. The molecular weight excluding hydrogens is 1030 g/mol. The molecule has 424 valence electrons. The summed E-state index contributed by atoms with van der Waals surface area (Å²) in [5, 5.41) is 0. The summed E-state index contributed by atoms with van der Waals surface area (Å²) in [6, 6.07) is 57.1. The number of hydrogen-bond donors (Lipinski definition) is 0. The molecule has 2 aliphatic rings. The first-order valence-electron chi connectivity index (χ1n) is 28.8. The normalized spacial score (nSPS) is 19.9. The van der Waals surface area contributed by atoms with Gasteiger partial charge in [0.05, 0.1) is 23.8 Å². The number of carbonyl (C=O) groups is 4. The molecule has 0 amide bonds. The van der Waals surface area contributed by atoms with Crippen molar-refractivity contribution in [2.24, 2.45) is 22.7 Å². The van der Waals surface area contributed by atoms with E-state index in [4.69, 9.17) is 23.7 Å². The lowest BCUT2D eigenvalue weighted by Gasteiger charge is -2.49. The highest BCUT2D eigenvalue weighted by Gasteiger charge is 2.47. The molecule has 0 N–H and O–H groups in total. The lowest BCUT2D eigenvalue weighted by Crippen LogP contribution is -2.41. The molecule has 8 aromatic rings. The quantitative estimate of drug-likeness (QED) is 0.0562. The fourth-order valence-corrected chi connectivity index (χ4v) is 13.9. The lowest BCUT2D eigenvalue weighted by atomic mass is 9.55. The molecule has 4 atom stereocenters. The minimum Gasteiger partial charge on any atom is -0.497 e. The first kappa shape index (κ1) is 57.7. The van der Waals surface area contributed by atoms with Crippen LogP contribution in [0.25, 0.3) is 11.1 Å². The molecule has 0 saturated heterocycles. The second-order valence-corrected chi connectivity index (χ2v) is 25.1. The molecule has 2 fully saturated rings. The van der Waals surface area contributed by atoms with Gasteiger partial charge in [-0.15, -0.1) is 0 Å². The summed E-state index contributed by atoms with van der Waals surface area (Å²) < 4.78 is 29.4. The van der Waals surface area contributed by atoms with E-state index in [0.29, 0.717) is 62.8 Å². The summed E-state index contributed by atoms with van der Waals surface area (Å²) in [5.41, 5.74) is 9.69. The van der Waals surface area contributed by atoms with E-state index in [1.807, 2.05) is 74.5 Å². The van der Waals surface area contributed by atoms with Crippen LogP contribution in [0.1, 0.15) is 162 Å². The van der Waals surface area contributed by atoms with Gasteiger partial charge in [-0.25, -0.2) is 14.4 Å². The Balaban J connectivity index is 0.782. The molecule has 0 spiro atoms. The Morgan fingerprint density at radius 1 is 0.398 bits per heavy atom. The van der Waals surface area contributed by atoms with Crippen LogP contribution >= 0.6 is 0 Å². The molecule has 4 unspecified atom stereocenters. The number of carbonyl (C=O) groups excluding carboxylic acids is 4. The van der Waals surface area contributed by atoms with Crippen LogP contribution in [0.15, 0.2) is 182 Å². The molecule has 10 rings (SSSR count). The van der Waals surface area contributed by atoms with Crippen molar-refractivity contribution in [1.82, 2.24) is 0 Å². The molecule has 9 nitrogen and oxygen atoms in total. The van der Waals surface area contributed by atoms with Crippen LogP contribution in [0.5, 0.6) is 34.5 Å². The van der Waals surface area contributed by atoms with Gasteiger partial charge in [-0.3, -0.25) is 4.79 Å². The molecule has 83 heavy (non-hydrogen) atoms. The maximum absolute atomic E-state index is 13.7. The maximum Gasteiger partial charge on any atom is 0.343 e. The lowest BCUT2D eigenvalue weighted by molar-refractivity contribution is 0.0724. The third-order valence-electron chi connectivity index (χ3n) is 17.0. The highest BCUT2D eigenvalue weighted by atomic mass is 16.5. The van der Waals surface area contributed by atoms with Crippen LogP contribution in [0.2, 0.25) is 0 Å². The number of ketones is 1. The van der Waals surface area contributed by atoms with E-state index in [-0.39, 0.29) is 27.4 Å². The average molecular weight is 1110 g/mol. The topological polar surface area (TPSA) is 114 Å². The Labute approximate surface area is 489 Å². The van der Waals surface area contributed by atoms with E-state index >= 15 is 0 Å². The van der Waals surface area contributed by atoms with E-state index in [1.54, 1.807) is 79.9 Å². The SMILES string of the molecule is COc1ccc(C2(c3ccc(OC(=O)c4ccc(-c5ccc(C(=O)Oc6ccc(C7(c8ccc(OC(=O)c9ccc(Oc%10ccc(C(C)=O)cc%10)cc9)c(C)c8)CC(C)CC(C)(C)C7)cc6C)cc5)cc4)cc3)CC(C)CC(C)(C)C2)cc1. The zero-order valence-electron chi connectivity index (χ0n) is 49.4. The van der Waals surface area contributed by atoms with Crippen LogP contribution in [0.4, 0.5) is 0 Å². The van der Waals surface area contributed by atoms with Gasteiger partial charge in [0, 0.05) is 16.4 Å². The highest BCUT2D eigenvalue weighted by molar-refractivity contribution is 5.95. The molecule has 0 aromatic heterocycles. The fraction of sp³-hybridized carbons (Fsp3) is 0.297. The first-order chi connectivity index (χ1) is 39.6. The van der Waals surface area contributed by atoms with Gasteiger partial charge in [0.15, 0.2) is 5.78 Å². The maximum atomic E-state index is 13.7. The van der Waals surface area contributed by atoms with Crippen molar-refractivity contribution in [3.8, 4) is 45.6 Å². The Hall–Kier alpha value is -8.56. The zero-order chi connectivity index (χ0) is 58.8. The second-order valence-electron chi connectivity index (χ2n) is 25.1. The van der Waals surface area contributed by atoms with E-state index in [2.05, 4.69) is 90.1 Å².